The van der Waals surface area contributed by atoms with Gasteiger partial charge in [-0.2, -0.15) is 0 Å². The predicted octanol–water partition coefficient (Wildman–Crippen LogP) is 34.8. The van der Waals surface area contributed by atoms with Gasteiger partial charge in [-0.25, -0.2) is 0 Å². The maximum atomic E-state index is 7.15. The maximum absolute atomic E-state index is 7.15. The number of allylic oxidation sites excluding steroid dienone is 6. The van der Waals surface area contributed by atoms with E-state index in [4.69, 9.17) is 9.47 Å². The van der Waals surface area contributed by atoms with Crippen LogP contribution in [0.3, 0.4) is 0 Å². The first-order valence-corrected chi connectivity index (χ1v) is 47.0. The Kier molecular flexibility index (Phi) is 35.5. The number of nitrogens with zero attached hydrogens (tertiary/aromatic N) is 2. The van der Waals surface area contributed by atoms with Gasteiger partial charge >= 0.3 is 0 Å². The van der Waals surface area contributed by atoms with E-state index < -0.39 is 0 Å². The molecule has 4 unspecified atom stereocenters. The molecule has 1 aliphatic carbocycles. The third-order valence-electron chi connectivity index (χ3n) is 28.4. The molecule has 0 amide bonds. The Morgan fingerprint density at radius 1 is 0.376 bits per heavy atom. The van der Waals surface area contributed by atoms with Crippen molar-refractivity contribution in [1.82, 2.24) is 0 Å². The quantitative estimate of drug-likeness (QED) is 0.0280. The molecule has 1 aliphatic rings. The number of hydrogen-bond acceptors (Lipinski definition) is 4. The number of ether oxygens (including phenoxy) is 2. The van der Waals surface area contributed by atoms with Crippen LogP contribution in [0.5, 0.6) is 11.5 Å². The monoisotopic (exact) mass is 1570 g/mol. The SMILES string of the molecule is C=C/C=C(\CC)CCCOc1cc(C(C)(C)CC)c(OCCC/C(=C/C=C)CC)cc1C(C)C(C)c1ccc2c(c1)C(CCCCCCCC)(CCCCCCCC)c1cc(C(C)(CC)C(C)(CC)c3ccc(N(c4ccc(N(c5ccc(CCCC)cc5)c5ccc(CCCC)cc5)cc4)c4ccc(C(C)(C)CC)cc4)cc3)ccc1-2. The topological polar surface area (TPSA) is 24.9 Å². The van der Waals surface area contributed by atoms with Crippen LogP contribution in [-0.4, -0.2) is 13.2 Å². The molecule has 4 atom stereocenters. The normalized spacial score (nSPS) is 14.4. The second-order valence-electron chi connectivity index (χ2n) is 36.5. The minimum absolute atomic E-state index is 0.0668. The Morgan fingerprint density at radius 2 is 0.761 bits per heavy atom. The highest BCUT2D eigenvalue weighted by molar-refractivity contribution is 5.84. The number of benzene rings is 8. The Bertz CT molecular complexity index is 4340. The summed E-state index contributed by atoms with van der Waals surface area (Å²) >= 11 is 0. The molecule has 0 aliphatic heterocycles. The molecule has 0 fully saturated rings. The van der Waals surface area contributed by atoms with Gasteiger partial charge in [-0.15, -0.1) is 0 Å². The molecule has 0 spiro atoms. The van der Waals surface area contributed by atoms with Crippen LogP contribution in [0.25, 0.3) is 11.1 Å². The van der Waals surface area contributed by atoms with E-state index in [9.17, 15) is 0 Å². The zero-order valence-corrected chi connectivity index (χ0v) is 76.9. The first-order valence-electron chi connectivity index (χ1n) is 47.0. The number of rotatable bonds is 52. The van der Waals surface area contributed by atoms with Crippen molar-refractivity contribution in [2.75, 3.05) is 23.0 Å². The smallest absolute Gasteiger partial charge is 0.123 e. The van der Waals surface area contributed by atoms with E-state index in [1.54, 1.807) is 11.1 Å². The summed E-state index contributed by atoms with van der Waals surface area (Å²) in [6, 6.07) is 67.8. The van der Waals surface area contributed by atoms with Gasteiger partial charge in [0.1, 0.15) is 11.5 Å². The fraction of sp³-hybridized carbons (Fsp3) is 0.504. The second kappa shape index (κ2) is 44.8. The van der Waals surface area contributed by atoms with Crippen molar-refractivity contribution in [1.29, 1.82) is 0 Å². The van der Waals surface area contributed by atoms with Crippen molar-refractivity contribution in [2.45, 2.75) is 356 Å². The van der Waals surface area contributed by atoms with Crippen molar-refractivity contribution in [2.24, 2.45) is 0 Å². The Labute approximate surface area is 715 Å². The van der Waals surface area contributed by atoms with Gasteiger partial charge in [0.15, 0.2) is 0 Å². The van der Waals surface area contributed by atoms with Crippen molar-refractivity contribution in [3.05, 3.63) is 274 Å². The Hall–Kier alpha value is -8.08. The number of fused-ring (bicyclic) bond motifs is 3. The van der Waals surface area contributed by atoms with Crippen LogP contribution in [0.2, 0.25) is 0 Å². The highest BCUT2D eigenvalue weighted by atomic mass is 16.5. The summed E-state index contributed by atoms with van der Waals surface area (Å²) in [6.45, 7) is 52.3. The molecule has 0 N–H and O–H groups in total. The molecule has 8 aromatic rings. The first-order chi connectivity index (χ1) is 56.6. The molecule has 117 heavy (non-hydrogen) atoms. The Balaban J connectivity index is 1.13. The molecule has 9 rings (SSSR count). The fourth-order valence-electron chi connectivity index (χ4n) is 18.8. The summed E-state index contributed by atoms with van der Waals surface area (Å²) in [5.41, 5.74) is 26.1. The van der Waals surface area contributed by atoms with Gasteiger partial charge < -0.3 is 19.3 Å². The largest absolute Gasteiger partial charge is 0.493 e. The molecule has 4 heteroatoms. The first kappa shape index (κ1) is 92.8. The van der Waals surface area contributed by atoms with Gasteiger partial charge in [-0.05, 0) is 266 Å². The number of aryl methyl sites for hydroxylation is 2. The van der Waals surface area contributed by atoms with Gasteiger partial charge in [-0.1, -0.05) is 348 Å². The van der Waals surface area contributed by atoms with Crippen LogP contribution in [-0.2, 0) is 39.9 Å². The minimum Gasteiger partial charge on any atom is -0.493 e. The summed E-state index contributed by atoms with van der Waals surface area (Å²) in [4.78, 5) is 4.92. The van der Waals surface area contributed by atoms with Gasteiger partial charge in [-0.3, -0.25) is 0 Å². The summed E-state index contributed by atoms with van der Waals surface area (Å²) in [5.74, 6) is 2.32. The van der Waals surface area contributed by atoms with Crippen molar-refractivity contribution < 1.29 is 9.47 Å². The lowest BCUT2D eigenvalue weighted by atomic mass is 9.56. The van der Waals surface area contributed by atoms with E-state index >= 15 is 0 Å². The molecule has 0 saturated heterocycles. The highest BCUT2D eigenvalue weighted by Crippen LogP contribution is 2.59. The number of anilines is 6. The van der Waals surface area contributed by atoms with Crippen LogP contribution < -0.4 is 19.3 Å². The zero-order valence-electron chi connectivity index (χ0n) is 76.9. The molecule has 4 nitrogen and oxygen atoms in total. The van der Waals surface area contributed by atoms with E-state index in [1.165, 1.54) is 181 Å². The van der Waals surface area contributed by atoms with Gasteiger partial charge in [0.2, 0.25) is 0 Å². The van der Waals surface area contributed by atoms with E-state index in [0.29, 0.717) is 13.2 Å². The summed E-state index contributed by atoms with van der Waals surface area (Å²) in [7, 11) is 0. The maximum Gasteiger partial charge on any atom is 0.123 e. The predicted molar refractivity (Wildman–Crippen MR) is 513 cm³/mol. The molecule has 0 radical (unpaired) electrons. The lowest BCUT2D eigenvalue weighted by molar-refractivity contribution is 0.234. The van der Waals surface area contributed by atoms with Crippen LogP contribution >= 0.6 is 0 Å². The van der Waals surface area contributed by atoms with Crippen molar-refractivity contribution >= 4 is 34.1 Å². The van der Waals surface area contributed by atoms with Gasteiger partial charge in [0.05, 0.1) is 13.2 Å². The van der Waals surface area contributed by atoms with Gasteiger partial charge in [0, 0.05) is 61.5 Å². The standard InChI is InChI=1S/C113H156N2O2/c1-21-33-37-39-41-43-77-113(78-44-42-40-38-34-22-2)104-81-91(85(13)86(14)103-83-108(117-80-46-52-88(28-8)48-26-6)106(110(17,18)30-10)84-107(103)116-79-45-51-87(27-7)47-25-5)57-75-101(104)102-76-62-94(82-105(102)113)112(20,32-12)111(19,31-11)93-60-69-98(70-61-93)115(97-67-58-92(59-68-97)109(15,16)29-9)100-73-71-99(72-74-100)114(95-63-53-89(54-64-95)49-35-23-3)96-65-55-90(56-66-96)50-36-24-4/h25-26,47-48,53-76,81-86H,5-6,21-24,27-46,49-52,77-80H2,1-4,7-20H3/b87-47+,88-48+. The van der Waals surface area contributed by atoms with Crippen molar-refractivity contribution in [3.63, 3.8) is 0 Å². The molecule has 0 heterocycles. The van der Waals surface area contributed by atoms with Crippen LogP contribution in [0.4, 0.5) is 34.1 Å². The van der Waals surface area contributed by atoms with Crippen LogP contribution in [0, 0.1) is 0 Å². The lowest BCUT2D eigenvalue weighted by Gasteiger charge is -2.48. The number of unbranched alkanes of at least 4 members (excludes halogenated alkanes) is 12. The summed E-state index contributed by atoms with van der Waals surface area (Å²) in [5, 5.41) is 0. The zero-order chi connectivity index (χ0) is 84.2. The van der Waals surface area contributed by atoms with E-state index in [2.05, 4.69) is 330 Å². The molecule has 8 aromatic carbocycles. The fourth-order valence-corrected chi connectivity index (χ4v) is 18.8. The third-order valence-corrected chi connectivity index (χ3v) is 28.4. The summed E-state index contributed by atoms with van der Waals surface area (Å²) < 4.78 is 14.2. The minimum atomic E-state index is -0.216. The molecular weight excluding hydrogens is 1420 g/mol. The summed E-state index contributed by atoms with van der Waals surface area (Å²) in [6.07, 6.45) is 42.9. The Morgan fingerprint density at radius 3 is 1.19 bits per heavy atom. The van der Waals surface area contributed by atoms with Crippen molar-refractivity contribution in [3.8, 4) is 22.6 Å². The van der Waals surface area contributed by atoms with Gasteiger partial charge in [0.25, 0.3) is 0 Å². The molecule has 630 valence electrons. The molecule has 0 saturated carbocycles. The molecule has 0 aromatic heterocycles. The lowest BCUT2D eigenvalue weighted by Crippen LogP contribution is -2.44. The van der Waals surface area contributed by atoms with E-state index in [0.717, 1.165) is 124 Å². The third kappa shape index (κ3) is 22.7. The number of hydrogen-bond donors (Lipinski definition) is 0. The van der Waals surface area contributed by atoms with E-state index in [-0.39, 0.29) is 38.9 Å². The second-order valence-corrected chi connectivity index (χ2v) is 36.5. The van der Waals surface area contributed by atoms with Crippen LogP contribution in [0.15, 0.2) is 218 Å². The average molecular weight is 1570 g/mol. The van der Waals surface area contributed by atoms with E-state index in [1.807, 2.05) is 12.2 Å². The average Bonchev–Trinajstić information content (AvgIpc) is 1.50. The van der Waals surface area contributed by atoms with Crippen LogP contribution in [0.1, 0.15) is 372 Å². The molecule has 0 bridgehead atoms. The molecular formula is C113H156N2O2. The highest BCUT2D eigenvalue weighted by Gasteiger charge is 2.48.